The van der Waals surface area contributed by atoms with Crippen molar-refractivity contribution in [2.75, 3.05) is 19.0 Å². The van der Waals surface area contributed by atoms with Crippen LogP contribution >= 0.6 is 15.9 Å². The molecule has 0 atom stereocenters. The van der Waals surface area contributed by atoms with Crippen LogP contribution in [0.4, 0.5) is 5.69 Å². The number of amides is 2. The molecule has 2 amide bonds. The van der Waals surface area contributed by atoms with Crippen molar-refractivity contribution >= 4 is 33.4 Å². The Balaban J connectivity index is 2.18. The van der Waals surface area contributed by atoms with Gasteiger partial charge in [-0.05, 0) is 42.8 Å². The van der Waals surface area contributed by atoms with Crippen LogP contribution in [0.25, 0.3) is 0 Å². The zero-order chi connectivity index (χ0) is 17.5. The van der Waals surface area contributed by atoms with Gasteiger partial charge in [0.1, 0.15) is 5.75 Å². The second kappa shape index (κ2) is 8.49. The van der Waals surface area contributed by atoms with Gasteiger partial charge in [-0.15, -0.1) is 0 Å². The Morgan fingerprint density at radius 2 is 1.92 bits per heavy atom. The number of anilines is 1. The van der Waals surface area contributed by atoms with Crippen molar-refractivity contribution in [3.8, 4) is 5.75 Å². The lowest BCUT2D eigenvalue weighted by molar-refractivity contribution is 0.0952. The Bertz CT molecular complexity index is 747. The Morgan fingerprint density at radius 1 is 1.12 bits per heavy atom. The summed E-state index contributed by atoms with van der Waals surface area (Å²) in [4.78, 5) is 24.5. The Kier molecular flexibility index (Phi) is 6.37. The zero-order valence-corrected chi connectivity index (χ0v) is 15.1. The molecule has 2 aromatic rings. The van der Waals surface area contributed by atoms with E-state index in [1.54, 1.807) is 42.5 Å². The highest BCUT2D eigenvalue weighted by atomic mass is 79.9. The highest BCUT2D eigenvalue weighted by molar-refractivity contribution is 9.10. The summed E-state index contributed by atoms with van der Waals surface area (Å²) in [6, 6.07) is 12.0. The molecule has 2 rings (SSSR count). The van der Waals surface area contributed by atoms with Crippen LogP contribution in [0.3, 0.4) is 0 Å². The van der Waals surface area contributed by atoms with E-state index in [-0.39, 0.29) is 11.8 Å². The van der Waals surface area contributed by atoms with Crippen LogP contribution in [-0.2, 0) is 0 Å². The topological polar surface area (TPSA) is 67.4 Å². The number of halogens is 1. The predicted molar refractivity (Wildman–Crippen MR) is 97.7 cm³/mol. The summed E-state index contributed by atoms with van der Waals surface area (Å²) < 4.78 is 6.00. The van der Waals surface area contributed by atoms with Crippen LogP contribution in [0.2, 0.25) is 0 Å². The molecule has 0 saturated carbocycles. The number of hydrogen-bond acceptors (Lipinski definition) is 3. The molecule has 0 unspecified atom stereocenters. The molecule has 0 heterocycles. The van der Waals surface area contributed by atoms with Crippen LogP contribution in [0.5, 0.6) is 5.75 Å². The van der Waals surface area contributed by atoms with Gasteiger partial charge in [-0.25, -0.2) is 0 Å². The number of methoxy groups -OCH3 is 1. The molecular formula is C18H19BrN2O3. The number of carbonyl (C=O) groups excluding carboxylic acids is 2. The zero-order valence-electron chi connectivity index (χ0n) is 13.6. The third-order valence-corrected chi connectivity index (χ3v) is 3.82. The SMILES string of the molecule is CCCNC(=O)c1cccc(NC(=O)c2cc(Br)ccc2OC)c1. The molecule has 0 bridgehead atoms. The fourth-order valence-corrected chi connectivity index (χ4v) is 2.50. The van der Waals surface area contributed by atoms with E-state index in [1.807, 2.05) is 6.92 Å². The second-order valence-corrected chi connectivity index (χ2v) is 6.05. The minimum Gasteiger partial charge on any atom is -0.496 e. The number of benzene rings is 2. The first kappa shape index (κ1) is 18.0. The lowest BCUT2D eigenvalue weighted by Gasteiger charge is -2.11. The van der Waals surface area contributed by atoms with Gasteiger partial charge in [0.25, 0.3) is 11.8 Å². The van der Waals surface area contributed by atoms with Gasteiger partial charge in [0.2, 0.25) is 0 Å². The molecule has 0 aromatic heterocycles. The molecule has 0 aliphatic carbocycles. The van der Waals surface area contributed by atoms with E-state index in [4.69, 9.17) is 4.74 Å². The monoisotopic (exact) mass is 390 g/mol. The van der Waals surface area contributed by atoms with Gasteiger partial charge < -0.3 is 15.4 Å². The highest BCUT2D eigenvalue weighted by Crippen LogP contribution is 2.24. The second-order valence-electron chi connectivity index (χ2n) is 5.14. The molecule has 2 N–H and O–H groups in total. The highest BCUT2D eigenvalue weighted by Gasteiger charge is 2.14. The summed E-state index contributed by atoms with van der Waals surface area (Å²) in [6.45, 7) is 2.60. The Morgan fingerprint density at radius 3 is 2.62 bits per heavy atom. The number of nitrogens with one attached hydrogen (secondary N) is 2. The van der Waals surface area contributed by atoms with Gasteiger partial charge in [0.15, 0.2) is 0 Å². The average Bonchev–Trinajstić information content (AvgIpc) is 2.59. The van der Waals surface area contributed by atoms with E-state index in [2.05, 4.69) is 26.6 Å². The molecule has 2 aromatic carbocycles. The van der Waals surface area contributed by atoms with Gasteiger partial charge >= 0.3 is 0 Å². The number of rotatable bonds is 6. The maximum Gasteiger partial charge on any atom is 0.259 e. The van der Waals surface area contributed by atoms with Crippen molar-refractivity contribution in [2.45, 2.75) is 13.3 Å². The molecule has 0 saturated heterocycles. The van der Waals surface area contributed by atoms with Crippen LogP contribution in [0.1, 0.15) is 34.1 Å². The molecule has 0 aliphatic rings. The van der Waals surface area contributed by atoms with E-state index in [0.717, 1.165) is 10.9 Å². The van der Waals surface area contributed by atoms with Crippen molar-refractivity contribution in [3.05, 3.63) is 58.1 Å². The Hall–Kier alpha value is -2.34. The largest absolute Gasteiger partial charge is 0.496 e. The molecule has 24 heavy (non-hydrogen) atoms. The fraction of sp³-hybridized carbons (Fsp3) is 0.222. The standard InChI is InChI=1S/C18H19BrN2O3/c1-3-9-20-17(22)12-5-4-6-14(10-12)21-18(23)15-11-13(19)7-8-16(15)24-2/h4-8,10-11H,3,9H2,1-2H3,(H,20,22)(H,21,23). The van der Waals surface area contributed by atoms with Gasteiger partial charge in [-0.3, -0.25) is 9.59 Å². The molecule has 5 nitrogen and oxygen atoms in total. The van der Waals surface area contributed by atoms with E-state index in [0.29, 0.717) is 29.1 Å². The van der Waals surface area contributed by atoms with E-state index >= 15 is 0 Å². The number of hydrogen-bond donors (Lipinski definition) is 2. The maximum absolute atomic E-state index is 12.5. The first-order valence-electron chi connectivity index (χ1n) is 7.58. The summed E-state index contributed by atoms with van der Waals surface area (Å²) in [5.41, 5.74) is 1.46. The van der Waals surface area contributed by atoms with Crippen molar-refractivity contribution in [2.24, 2.45) is 0 Å². The minimum absolute atomic E-state index is 0.159. The lowest BCUT2D eigenvalue weighted by atomic mass is 10.1. The lowest BCUT2D eigenvalue weighted by Crippen LogP contribution is -2.24. The molecule has 6 heteroatoms. The molecule has 0 aliphatic heterocycles. The average molecular weight is 391 g/mol. The molecule has 0 fully saturated rings. The number of ether oxygens (including phenoxy) is 1. The van der Waals surface area contributed by atoms with Crippen molar-refractivity contribution in [1.29, 1.82) is 0 Å². The molecule has 126 valence electrons. The van der Waals surface area contributed by atoms with Crippen molar-refractivity contribution in [1.82, 2.24) is 5.32 Å². The quantitative estimate of drug-likeness (QED) is 0.786. The Labute approximate surface area is 149 Å². The van der Waals surface area contributed by atoms with Crippen LogP contribution < -0.4 is 15.4 Å². The first-order chi connectivity index (χ1) is 11.5. The fourth-order valence-electron chi connectivity index (χ4n) is 2.13. The summed E-state index contributed by atoms with van der Waals surface area (Å²) in [5.74, 6) is 0.0137. The van der Waals surface area contributed by atoms with E-state index in [9.17, 15) is 9.59 Å². The molecule has 0 radical (unpaired) electrons. The number of carbonyl (C=O) groups is 2. The van der Waals surface area contributed by atoms with Crippen molar-refractivity contribution < 1.29 is 14.3 Å². The van der Waals surface area contributed by atoms with Crippen LogP contribution in [-0.4, -0.2) is 25.5 Å². The molecule has 0 spiro atoms. The first-order valence-corrected chi connectivity index (χ1v) is 8.37. The molecular weight excluding hydrogens is 372 g/mol. The third-order valence-electron chi connectivity index (χ3n) is 3.32. The van der Waals surface area contributed by atoms with Gasteiger partial charge in [-0.2, -0.15) is 0 Å². The summed E-state index contributed by atoms with van der Waals surface area (Å²) in [5, 5.41) is 5.60. The van der Waals surface area contributed by atoms with E-state index < -0.39 is 0 Å². The smallest absolute Gasteiger partial charge is 0.259 e. The third kappa shape index (κ3) is 4.58. The van der Waals surface area contributed by atoms with Gasteiger partial charge in [0.05, 0.1) is 12.7 Å². The van der Waals surface area contributed by atoms with E-state index in [1.165, 1.54) is 7.11 Å². The summed E-state index contributed by atoms with van der Waals surface area (Å²) >= 11 is 3.35. The predicted octanol–water partition coefficient (Wildman–Crippen LogP) is 3.85. The maximum atomic E-state index is 12.5. The van der Waals surface area contributed by atoms with Crippen molar-refractivity contribution in [3.63, 3.8) is 0 Å². The minimum atomic E-state index is -0.306. The summed E-state index contributed by atoms with van der Waals surface area (Å²) in [7, 11) is 1.51. The van der Waals surface area contributed by atoms with Gasteiger partial charge in [0, 0.05) is 22.3 Å². The van der Waals surface area contributed by atoms with Gasteiger partial charge in [-0.1, -0.05) is 28.9 Å². The van der Waals surface area contributed by atoms with Crippen LogP contribution in [0.15, 0.2) is 46.9 Å². The normalized spacial score (nSPS) is 10.1. The van der Waals surface area contributed by atoms with Crippen LogP contribution in [0, 0.1) is 0 Å². The summed E-state index contributed by atoms with van der Waals surface area (Å²) in [6.07, 6.45) is 0.866.